The predicted molar refractivity (Wildman–Crippen MR) is 105 cm³/mol. The molecule has 4 rings (SSSR count). The lowest BCUT2D eigenvalue weighted by molar-refractivity contribution is 0.102. The third-order valence-electron chi connectivity index (χ3n) is 3.41. The molecule has 0 aliphatic rings. The van der Waals surface area contributed by atoms with Crippen LogP contribution in [0.2, 0.25) is 0 Å². The molecule has 0 unspecified atom stereocenters. The molecule has 0 saturated heterocycles. The van der Waals surface area contributed by atoms with Crippen LogP contribution in [-0.4, -0.2) is 25.9 Å². The van der Waals surface area contributed by atoms with E-state index in [0.717, 1.165) is 15.8 Å². The molecule has 0 fully saturated rings. The Hall–Kier alpha value is -2.49. The van der Waals surface area contributed by atoms with Gasteiger partial charge in [0.2, 0.25) is 5.13 Å². The van der Waals surface area contributed by atoms with Crippen molar-refractivity contribution in [1.29, 1.82) is 0 Å². The number of anilines is 1. The van der Waals surface area contributed by atoms with Crippen molar-refractivity contribution in [1.82, 2.24) is 20.0 Å². The van der Waals surface area contributed by atoms with E-state index in [0.29, 0.717) is 10.7 Å². The van der Waals surface area contributed by atoms with Gasteiger partial charge in [-0.2, -0.15) is 5.10 Å². The van der Waals surface area contributed by atoms with Crippen molar-refractivity contribution in [2.24, 2.45) is 0 Å². The number of thiophene rings is 1. The van der Waals surface area contributed by atoms with Gasteiger partial charge in [-0.3, -0.25) is 10.1 Å². The molecule has 0 spiro atoms. The van der Waals surface area contributed by atoms with Crippen molar-refractivity contribution in [3.8, 4) is 5.69 Å². The summed E-state index contributed by atoms with van der Waals surface area (Å²) in [6, 6.07) is 13.8. The third kappa shape index (κ3) is 4.01. The van der Waals surface area contributed by atoms with Crippen LogP contribution in [0.3, 0.4) is 0 Å². The molecule has 1 amide bonds. The summed E-state index contributed by atoms with van der Waals surface area (Å²) in [5, 5.41) is 17.7. The molecule has 26 heavy (non-hydrogen) atoms. The quantitative estimate of drug-likeness (QED) is 0.386. The number of carbonyl (C=O) groups is 1. The summed E-state index contributed by atoms with van der Waals surface area (Å²) in [7, 11) is 0. The minimum Gasteiger partial charge on any atom is -0.296 e. The number of hydrogen-bond acceptors (Lipinski definition) is 7. The number of aromatic nitrogens is 4. The second-order valence-electron chi connectivity index (χ2n) is 5.20. The summed E-state index contributed by atoms with van der Waals surface area (Å²) in [5.41, 5.74) is 1.37. The maximum absolute atomic E-state index is 12.4. The number of thioether (sulfide) groups is 1. The number of para-hydroxylation sites is 1. The summed E-state index contributed by atoms with van der Waals surface area (Å²) < 4.78 is 2.49. The lowest BCUT2D eigenvalue weighted by Crippen LogP contribution is -2.10. The SMILES string of the molecule is O=C(Nc1nnc(SCc2cccs2)s1)c1cnn(-c2ccccc2)c1. The molecule has 9 heteroatoms. The van der Waals surface area contributed by atoms with Gasteiger partial charge in [-0.1, -0.05) is 47.4 Å². The molecule has 3 heterocycles. The van der Waals surface area contributed by atoms with Crippen LogP contribution in [0.1, 0.15) is 15.2 Å². The Kier molecular flexibility index (Phi) is 5.09. The van der Waals surface area contributed by atoms with Crippen molar-refractivity contribution in [2.75, 3.05) is 5.32 Å². The fraction of sp³-hybridized carbons (Fsp3) is 0.0588. The molecular formula is C17H13N5OS3. The van der Waals surface area contributed by atoms with Gasteiger partial charge in [0, 0.05) is 16.8 Å². The number of carbonyl (C=O) groups excluding carboxylic acids is 1. The molecular weight excluding hydrogens is 386 g/mol. The second kappa shape index (κ2) is 7.81. The second-order valence-corrected chi connectivity index (χ2v) is 8.44. The topological polar surface area (TPSA) is 72.7 Å². The van der Waals surface area contributed by atoms with E-state index >= 15 is 0 Å². The van der Waals surface area contributed by atoms with Gasteiger partial charge in [-0.15, -0.1) is 21.5 Å². The van der Waals surface area contributed by atoms with E-state index < -0.39 is 0 Å². The lowest BCUT2D eigenvalue weighted by atomic mass is 10.3. The van der Waals surface area contributed by atoms with Crippen LogP contribution < -0.4 is 5.32 Å². The zero-order valence-electron chi connectivity index (χ0n) is 13.4. The Morgan fingerprint density at radius 2 is 2.04 bits per heavy atom. The Labute approximate surface area is 161 Å². The summed E-state index contributed by atoms with van der Waals surface area (Å²) in [4.78, 5) is 13.7. The smallest absolute Gasteiger partial charge is 0.260 e. The molecule has 4 aromatic rings. The van der Waals surface area contributed by atoms with Gasteiger partial charge >= 0.3 is 0 Å². The van der Waals surface area contributed by atoms with E-state index in [1.807, 2.05) is 36.4 Å². The van der Waals surface area contributed by atoms with Gasteiger partial charge in [-0.25, -0.2) is 4.68 Å². The van der Waals surface area contributed by atoms with E-state index in [9.17, 15) is 4.79 Å². The van der Waals surface area contributed by atoms with Crippen LogP contribution in [0, 0.1) is 0 Å². The summed E-state index contributed by atoms with van der Waals surface area (Å²) in [5.74, 6) is 0.600. The average Bonchev–Trinajstić information content (AvgIpc) is 3.42. The van der Waals surface area contributed by atoms with Crippen molar-refractivity contribution >= 4 is 45.5 Å². The number of nitrogens with one attached hydrogen (secondary N) is 1. The number of hydrogen-bond donors (Lipinski definition) is 1. The summed E-state index contributed by atoms with van der Waals surface area (Å²) in [6.45, 7) is 0. The summed E-state index contributed by atoms with van der Waals surface area (Å²) in [6.07, 6.45) is 3.23. The number of nitrogens with zero attached hydrogens (tertiary/aromatic N) is 4. The standard InChI is InChI=1S/C17H13N5OS3/c23-15(12-9-18-22(10-12)13-5-2-1-3-6-13)19-16-20-21-17(26-16)25-11-14-7-4-8-24-14/h1-10H,11H2,(H,19,20,23). The number of amides is 1. The van der Waals surface area contributed by atoms with Gasteiger partial charge in [0.15, 0.2) is 4.34 Å². The van der Waals surface area contributed by atoms with E-state index in [2.05, 4.69) is 32.1 Å². The van der Waals surface area contributed by atoms with E-state index in [-0.39, 0.29) is 5.91 Å². The highest BCUT2D eigenvalue weighted by molar-refractivity contribution is 8.00. The highest BCUT2D eigenvalue weighted by Crippen LogP contribution is 2.29. The molecule has 6 nitrogen and oxygen atoms in total. The first-order valence-electron chi connectivity index (χ1n) is 7.68. The van der Waals surface area contributed by atoms with Crippen molar-refractivity contribution in [2.45, 2.75) is 10.1 Å². The van der Waals surface area contributed by atoms with Gasteiger partial charge in [0.25, 0.3) is 5.91 Å². The van der Waals surface area contributed by atoms with Crippen LogP contribution in [0.15, 0.2) is 64.6 Å². The molecule has 0 radical (unpaired) electrons. The monoisotopic (exact) mass is 399 g/mol. The van der Waals surface area contributed by atoms with Crippen molar-refractivity contribution in [3.63, 3.8) is 0 Å². The summed E-state index contributed by atoms with van der Waals surface area (Å²) >= 11 is 4.69. The van der Waals surface area contributed by atoms with Crippen molar-refractivity contribution in [3.05, 3.63) is 70.7 Å². The first-order valence-corrected chi connectivity index (χ1v) is 10.4. The average molecular weight is 400 g/mol. The largest absolute Gasteiger partial charge is 0.296 e. The van der Waals surface area contributed by atoms with Crippen LogP contribution in [0.5, 0.6) is 0 Å². The number of rotatable bonds is 6. The van der Waals surface area contributed by atoms with Gasteiger partial charge in [0.05, 0.1) is 17.4 Å². The fourth-order valence-corrected chi connectivity index (χ4v) is 4.70. The maximum Gasteiger partial charge on any atom is 0.260 e. The molecule has 3 aromatic heterocycles. The molecule has 1 N–H and O–H groups in total. The molecule has 0 bridgehead atoms. The normalized spacial score (nSPS) is 10.8. The minimum absolute atomic E-state index is 0.252. The van der Waals surface area contributed by atoms with Crippen LogP contribution in [-0.2, 0) is 5.75 Å². The Bertz CT molecular complexity index is 995. The molecule has 130 valence electrons. The molecule has 0 aliphatic carbocycles. The van der Waals surface area contributed by atoms with Gasteiger partial charge in [0.1, 0.15) is 0 Å². The van der Waals surface area contributed by atoms with Gasteiger partial charge < -0.3 is 0 Å². The first-order chi connectivity index (χ1) is 12.8. The Morgan fingerprint density at radius 1 is 1.15 bits per heavy atom. The Balaban J connectivity index is 1.38. The molecule has 0 atom stereocenters. The highest BCUT2D eigenvalue weighted by atomic mass is 32.2. The van der Waals surface area contributed by atoms with E-state index in [4.69, 9.17) is 0 Å². The zero-order valence-corrected chi connectivity index (χ0v) is 15.9. The van der Waals surface area contributed by atoms with Crippen LogP contribution >= 0.6 is 34.4 Å². The molecule has 0 saturated carbocycles. The predicted octanol–water partition coefficient (Wildman–Crippen LogP) is 4.33. The van der Waals surface area contributed by atoms with Crippen molar-refractivity contribution < 1.29 is 4.79 Å². The first kappa shape index (κ1) is 17.0. The minimum atomic E-state index is -0.252. The van der Waals surface area contributed by atoms with Crippen LogP contribution in [0.25, 0.3) is 5.69 Å². The lowest BCUT2D eigenvalue weighted by Gasteiger charge is -1.99. The van der Waals surface area contributed by atoms with Crippen LogP contribution in [0.4, 0.5) is 5.13 Å². The highest BCUT2D eigenvalue weighted by Gasteiger charge is 2.13. The van der Waals surface area contributed by atoms with E-state index in [1.165, 1.54) is 22.4 Å². The maximum atomic E-state index is 12.4. The third-order valence-corrected chi connectivity index (χ3v) is 6.49. The fourth-order valence-electron chi connectivity index (χ4n) is 2.18. The van der Waals surface area contributed by atoms with Gasteiger partial charge in [-0.05, 0) is 23.6 Å². The molecule has 0 aliphatic heterocycles. The Morgan fingerprint density at radius 3 is 2.85 bits per heavy atom. The van der Waals surface area contributed by atoms with E-state index in [1.54, 1.807) is 34.0 Å². The molecule has 1 aromatic carbocycles. The zero-order chi connectivity index (χ0) is 17.8. The number of benzene rings is 1.